The largest absolute Gasteiger partial charge is 0.481 e. The normalized spacial score (nSPS) is 17.9. The van der Waals surface area contributed by atoms with Gasteiger partial charge < -0.3 is 20.1 Å². The fraction of sp³-hybridized carbons (Fsp3) is 0.533. The molecule has 0 bridgehead atoms. The third-order valence-electron chi connectivity index (χ3n) is 3.75. The van der Waals surface area contributed by atoms with Crippen molar-refractivity contribution in [1.29, 1.82) is 0 Å². The quantitative estimate of drug-likeness (QED) is 0.783. The van der Waals surface area contributed by atoms with Gasteiger partial charge in [-0.15, -0.1) is 0 Å². The van der Waals surface area contributed by atoms with Crippen LogP contribution in [0.2, 0.25) is 0 Å². The molecule has 2 N–H and O–H groups in total. The lowest BCUT2D eigenvalue weighted by molar-refractivity contribution is -0.143. The molecule has 1 aromatic rings. The van der Waals surface area contributed by atoms with Crippen molar-refractivity contribution in [1.82, 2.24) is 15.2 Å². The number of likely N-dealkylation sites (tertiary alicyclic amines) is 1. The van der Waals surface area contributed by atoms with E-state index in [0.29, 0.717) is 25.6 Å². The Morgan fingerprint density at radius 1 is 1.40 bits per heavy atom. The molecule has 138 valence electrons. The fourth-order valence-corrected chi connectivity index (χ4v) is 2.42. The van der Waals surface area contributed by atoms with Crippen LogP contribution in [-0.4, -0.2) is 53.2 Å². The Bertz CT molecular complexity index is 607. The van der Waals surface area contributed by atoms with Crippen LogP contribution < -0.4 is 10.1 Å². The van der Waals surface area contributed by atoms with Crippen molar-refractivity contribution in [2.24, 2.45) is 5.92 Å². The van der Waals surface area contributed by atoms with Gasteiger partial charge in [-0.05, 0) is 18.9 Å². The second-order valence-electron chi connectivity index (χ2n) is 5.59. The van der Waals surface area contributed by atoms with Crippen molar-refractivity contribution >= 4 is 12.0 Å². The molecule has 25 heavy (non-hydrogen) atoms. The molecule has 10 heteroatoms. The number of nitrogens with one attached hydrogen (secondary N) is 1. The third-order valence-corrected chi connectivity index (χ3v) is 3.75. The molecule has 0 spiro atoms. The Hall–Kier alpha value is -2.52. The van der Waals surface area contributed by atoms with E-state index >= 15 is 0 Å². The standard InChI is InChI=1S/C15H18F3N3O4/c16-15(17,18)11-3-4-12(20-8-11)25-7-5-19-14(24)21-6-1-2-10(9-21)13(22)23/h3-4,8,10H,1-2,5-7,9H2,(H,19,24)(H,22,23). The molecule has 0 saturated carbocycles. The summed E-state index contributed by atoms with van der Waals surface area (Å²) in [6, 6.07) is 1.57. The number of piperidine rings is 1. The van der Waals surface area contributed by atoms with Gasteiger partial charge in [0.05, 0.1) is 18.0 Å². The van der Waals surface area contributed by atoms with Crippen LogP contribution in [0.5, 0.6) is 5.88 Å². The average Bonchev–Trinajstić information content (AvgIpc) is 2.58. The maximum Gasteiger partial charge on any atom is 0.417 e. The highest BCUT2D eigenvalue weighted by atomic mass is 19.4. The van der Waals surface area contributed by atoms with E-state index in [0.717, 1.165) is 12.1 Å². The highest BCUT2D eigenvalue weighted by molar-refractivity contribution is 5.76. The van der Waals surface area contributed by atoms with E-state index in [-0.39, 0.29) is 25.6 Å². The minimum Gasteiger partial charge on any atom is -0.481 e. The number of aliphatic carboxylic acids is 1. The number of halogens is 3. The number of carbonyl (C=O) groups excluding carboxylic acids is 1. The van der Waals surface area contributed by atoms with E-state index < -0.39 is 29.7 Å². The predicted molar refractivity (Wildman–Crippen MR) is 80.1 cm³/mol. The Labute approximate surface area is 141 Å². The first kappa shape index (κ1) is 18.8. The number of hydrogen-bond acceptors (Lipinski definition) is 4. The molecular formula is C15H18F3N3O4. The molecule has 0 radical (unpaired) electrons. The summed E-state index contributed by atoms with van der Waals surface area (Å²) >= 11 is 0. The van der Waals surface area contributed by atoms with E-state index in [2.05, 4.69) is 10.3 Å². The summed E-state index contributed by atoms with van der Waals surface area (Å²) < 4.78 is 42.4. The summed E-state index contributed by atoms with van der Waals surface area (Å²) in [6.45, 7) is 0.787. The number of carboxylic acids is 1. The molecule has 1 saturated heterocycles. The first-order valence-corrected chi connectivity index (χ1v) is 7.69. The van der Waals surface area contributed by atoms with Gasteiger partial charge in [0.2, 0.25) is 5.88 Å². The van der Waals surface area contributed by atoms with Crippen molar-refractivity contribution in [3.63, 3.8) is 0 Å². The van der Waals surface area contributed by atoms with E-state index in [1.165, 1.54) is 4.90 Å². The van der Waals surface area contributed by atoms with Gasteiger partial charge in [0.25, 0.3) is 0 Å². The van der Waals surface area contributed by atoms with Crippen LogP contribution in [0.25, 0.3) is 0 Å². The average molecular weight is 361 g/mol. The summed E-state index contributed by atoms with van der Waals surface area (Å²) in [5.74, 6) is -1.47. The lowest BCUT2D eigenvalue weighted by atomic mass is 9.99. The van der Waals surface area contributed by atoms with Crippen LogP contribution in [0.1, 0.15) is 18.4 Å². The van der Waals surface area contributed by atoms with E-state index in [4.69, 9.17) is 9.84 Å². The van der Waals surface area contributed by atoms with Gasteiger partial charge in [0.15, 0.2) is 0 Å². The molecule has 0 aromatic carbocycles. The van der Waals surface area contributed by atoms with E-state index in [1.54, 1.807) is 0 Å². The molecule has 2 heterocycles. The van der Waals surface area contributed by atoms with Gasteiger partial charge in [0.1, 0.15) is 6.61 Å². The third kappa shape index (κ3) is 5.50. The van der Waals surface area contributed by atoms with Gasteiger partial charge in [-0.1, -0.05) is 0 Å². The number of amides is 2. The topological polar surface area (TPSA) is 91.8 Å². The zero-order valence-electron chi connectivity index (χ0n) is 13.3. The van der Waals surface area contributed by atoms with Crippen LogP contribution in [0, 0.1) is 5.92 Å². The zero-order chi connectivity index (χ0) is 18.4. The van der Waals surface area contributed by atoms with Crippen molar-refractivity contribution in [3.05, 3.63) is 23.9 Å². The molecule has 1 atom stereocenters. The highest BCUT2D eigenvalue weighted by Crippen LogP contribution is 2.29. The maximum absolute atomic E-state index is 12.4. The number of urea groups is 1. The van der Waals surface area contributed by atoms with Gasteiger partial charge in [-0.25, -0.2) is 9.78 Å². The minimum atomic E-state index is -4.46. The maximum atomic E-state index is 12.4. The molecule has 1 unspecified atom stereocenters. The van der Waals surface area contributed by atoms with Crippen molar-refractivity contribution in [2.45, 2.75) is 19.0 Å². The summed E-state index contributed by atoms with van der Waals surface area (Å²) in [5, 5.41) is 11.6. The molecular weight excluding hydrogens is 343 g/mol. The number of rotatable bonds is 5. The Balaban J connectivity index is 1.72. The molecule has 1 aliphatic rings. The van der Waals surface area contributed by atoms with E-state index in [1.807, 2.05) is 0 Å². The van der Waals surface area contributed by atoms with Gasteiger partial charge in [-0.3, -0.25) is 4.79 Å². The van der Waals surface area contributed by atoms with Crippen molar-refractivity contribution in [3.8, 4) is 5.88 Å². The Kier molecular flexibility index (Phi) is 6.05. The fourth-order valence-electron chi connectivity index (χ4n) is 2.42. The molecule has 7 nitrogen and oxygen atoms in total. The molecule has 2 rings (SSSR count). The van der Waals surface area contributed by atoms with E-state index in [9.17, 15) is 22.8 Å². The number of carboxylic acid groups (broad SMARTS) is 1. The van der Waals surface area contributed by atoms with Crippen LogP contribution in [0.4, 0.5) is 18.0 Å². The number of alkyl halides is 3. The second kappa shape index (κ2) is 8.04. The number of nitrogens with zero attached hydrogens (tertiary/aromatic N) is 2. The van der Waals surface area contributed by atoms with Gasteiger partial charge >= 0.3 is 18.2 Å². The van der Waals surface area contributed by atoms with Crippen molar-refractivity contribution < 1.29 is 32.6 Å². The molecule has 0 aliphatic carbocycles. The number of ether oxygens (including phenoxy) is 1. The molecule has 1 aliphatic heterocycles. The molecule has 1 fully saturated rings. The summed E-state index contributed by atoms with van der Waals surface area (Å²) in [5.41, 5.74) is -0.869. The summed E-state index contributed by atoms with van der Waals surface area (Å²) in [6.07, 6.45) is -2.62. The lowest BCUT2D eigenvalue weighted by Gasteiger charge is -2.30. The minimum absolute atomic E-state index is 0.0196. The van der Waals surface area contributed by atoms with Crippen LogP contribution in [0.3, 0.4) is 0 Å². The number of aromatic nitrogens is 1. The zero-order valence-corrected chi connectivity index (χ0v) is 13.3. The Morgan fingerprint density at radius 3 is 2.76 bits per heavy atom. The summed E-state index contributed by atoms with van der Waals surface area (Å²) in [7, 11) is 0. The smallest absolute Gasteiger partial charge is 0.417 e. The first-order chi connectivity index (χ1) is 11.8. The second-order valence-corrected chi connectivity index (χ2v) is 5.59. The SMILES string of the molecule is O=C(O)C1CCCN(C(=O)NCCOc2ccc(C(F)(F)F)cn2)C1. The van der Waals surface area contributed by atoms with Crippen LogP contribution in [0.15, 0.2) is 18.3 Å². The first-order valence-electron chi connectivity index (χ1n) is 7.69. The molecule has 2 amide bonds. The van der Waals surface area contributed by atoms with Crippen LogP contribution >= 0.6 is 0 Å². The lowest BCUT2D eigenvalue weighted by Crippen LogP contribution is -2.47. The predicted octanol–water partition coefficient (Wildman–Crippen LogP) is 1.99. The molecule has 1 aromatic heterocycles. The number of carbonyl (C=O) groups is 2. The van der Waals surface area contributed by atoms with Crippen molar-refractivity contribution in [2.75, 3.05) is 26.2 Å². The highest BCUT2D eigenvalue weighted by Gasteiger charge is 2.31. The number of pyridine rings is 1. The van der Waals surface area contributed by atoms with Gasteiger partial charge in [-0.2, -0.15) is 13.2 Å². The monoisotopic (exact) mass is 361 g/mol. The number of hydrogen-bond donors (Lipinski definition) is 2. The van der Waals surface area contributed by atoms with Gasteiger partial charge in [0, 0.05) is 25.4 Å². The van der Waals surface area contributed by atoms with Crippen LogP contribution in [-0.2, 0) is 11.0 Å². The Morgan fingerprint density at radius 2 is 2.16 bits per heavy atom. The summed E-state index contributed by atoms with van der Waals surface area (Å²) in [4.78, 5) is 27.9.